The first-order valence-electron chi connectivity index (χ1n) is 6.13. The van der Waals surface area contributed by atoms with Gasteiger partial charge in [-0.25, -0.2) is 8.42 Å². The van der Waals surface area contributed by atoms with Crippen LogP contribution in [0, 0.1) is 5.92 Å². The van der Waals surface area contributed by atoms with E-state index in [0.717, 1.165) is 12.8 Å². The van der Waals surface area contributed by atoms with Gasteiger partial charge in [-0.15, -0.1) is 0 Å². The minimum absolute atomic E-state index is 0.0711. The zero-order chi connectivity index (χ0) is 12.3. The molecule has 4 heteroatoms. The normalized spacial score (nSPS) is 19.4. The Morgan fingerprint density at radius 1 is 1.18 bits per heavy atom. The molecule has 0 aliphatic heterocycles. The van der Waals surface area contributed by atoms with E-state index in [1.165, 1.54) is 12.8 Å². The van der Waals surface area contributed by atoms with Crippen LogP contribution in [0.4, 0.5) is 0 Å². The Hall–Kier alpha value is -0.870. The molecule has 1 aliphatic rings. The van der Waals surface area contributed by atoms with E-state index < -0.39 is 9.84 Å². The molecular formula is C13H19NO2S. The molecule has 2 N–H and O–H groups in total. The number of benzene rings is 1. The molecule has 17 heavy (non-hydrogen) atoms. The van der Waals surface area contributed by atoms with E-state index in [4.69, 9.17) is 5.73 Å². The summed E-state index contributed by atoms with van der Waals surface area (Å²) in [6, 6.07) is 8.35. The van der Waals surface area contributed by atoms with Gasteiger partial charge in [0.15, 0.2) is 9.84 Å². The van der Waals surface area contributed by atoms with Crippen molar-refractivity contribution in [1.29, 1.82) is 0 Å². The first-order chi connectivity index (χ1) is 8.09. The smallest absolute Gasteiger partial charge is 0.179 e. The number of nitrogens with two attached hydrogens (primary N) is 1. The van der Waals surface area contributed by atoms with Crippen molar-refractivity contribution in [2.75, 3.05) is 5.75 Å². The third-order valence-corrected chi connectivity index (χ3v) is 5.33. The molecule has 1 aliphatic carbocycles. The lowest BCUT2D eigenvalue weighted by atomic mass is 10.0. The first-order valence-corrected chi connectivity index (χ1v) is 7.78. The second-order valence-electron chi connectivity index (χ2n) is 4.80. The quantitative estimate of drug-likeness (QED) is 0.892. The third-order valence-electron chi connectivity index (χ3n) is 3.52. The lowest BCUT2D eigenvalue weighted by Gasteiger charge is -2.18. The molecule has 2 rings (SSSR count). The van der Waals surface area contributed by atoms with Crippen molar-refractivity contribution in [3.05, 3.63) is 30.3 Å². The van der Waals surface area contributed by atoms with Crippen LogP contribution in [-0.2, 0) is 9.84 Å². The Balaban J connectivity index is 2.07. The molecule has 1 fully saturated rings. The summed E-state index contributed by atoms with van der Waals surface area (Å²) < 4.78 is 24.2. The summed E-state index contributed by atoms with van der Waals surface area (Å²) in [7, 11) is -3.22. The van der Waals surface area contributed by atoms with Crippen LogP contribution in [0.5, 0.6) is 0 Å². The Labute approximate surface area is 103 Å². The highest BCUT2D eigenvalue weighted by molar-refractivity contribution is 7.91. The fourth-order valence-electron chi connectivity index (χ4n) is 2.50. The first kappa shape index (κ1) is 12.6. The van der Waals surface area contributed by atoms with Crippen molar-refractivity contribution in [2.24, 2.45) is 11.7 Å². The van der Waals surface area contributed by atoms with Gasteiger partial charge in [-0.2, -0.15) is 0 Å². The molecule has 0 amide bonds. The summed E-state index contributed by atoms with van der Waals surface area (Å²) in [6.07, 6.45) is 4.52. The highest BCUT2D eigenvalue weighted by Gasteiger charge is 2.27. The molecule has 0 bridgehead atoms. The van der Waals surface area contributed by atoms with Gasteiger partial charge in [0.25, 0.3) is 0 Å². The van der Waals surface area contributed by atoms with Gasteiger partial charge in [0.1, 0.15) is 0 Å². The fourth-order valence-corrected chi connectivity index (χ4v) is 4.04. The van der Waals surface area contributed by atoms with Crippen LogP contribution >= 0.6 is 0 Å². The average Bonchev–Trinajstić information content (AvgIpc) is 2.83. The minimum atomic E-state index is -3.22. The van der Waals surface area contributed by atoms with Crippen LogP contribution in [0.2, 0.25) is 0 Å². The largest absolute Gasteiger partial charge is 0.327 e. The standard InChI is InChI=1S/C13H19NO2S/c14-13(11-6-4-5-7-11)10-17(15,16)12-8-2-1-3-9-12/h1-3,8-9,11,13H,4-7,10,14H2. The van der Waals surface area contributed by atoms with Gasteiger partial charge in [-0.3, -0.25) is 0 Å². The Morgan fingerprint density at radius 3 is 2.35 bits per heavy atom. The van der Waals surface area contributed by atoms with Crippen LogP contribution < -0.4 is 5.73 Å². The summed E-state index contributed by atoms with van der Waals surface area (Å²) in [5.74, 6) is 0.454. The molecule has 1 saturated carbocycles. The van der Waals surface area contributed by atoms with E-state index >= 15 is 0 Å². The second-order valence-corrected chi connectivity index (χ2v) is 6.84. The van der Waals surface area contributed by atoms with Crippen LogP contribution in [0.15, 0.2) is 35.2 Å². The molecule has 0 spiro atoms. The van der Waals surface area contributed by atoms with Gasteiger partial charge in [0.2, 0.25) is 0 Å². The molecule has 0 saturated heterocycles. The van der Waals surface area contributed by atoms with Crippen molar-refractivity contribution in [2.45, 2.75) is 36.6 Å². The zero-order valence-corrected chi connectivity index (χ0v) is 10.7. The molecule has 1 unspecified atom stereocenters. The van der Waals surface area contributed by atoms with Crippen molar-refractivity contribution < 1.29 is 8.42 Å². The lowest BCUT2D eigenvalue weighted by molar-refractivity contribution is 0.455. The fraction of sp³-hybridized carbons (Fsp3) is 0.538. The maximum atomic E-state index is 12.1. The summed E-state index contributed by atoms with van der Waals surface area (Å²) in [6.45, 7) is 0. The van der Waals surface area contributed by atoms with E-state index in [9.17, 15) is 8.42 Å². The summed E-state index contributed by atoms with van der Waals surface area (Å²) in [5, 5.41) is 0. The SMILES string of the molecule is NC(CS(=O)(=O)c1ccccc1)C1CCCC1. The van der Waals surface area contributed by atoms with Gasteiger partial charge >= 0.3 is 0 Å². The Morgan fingerprint density at radius 2 is 1.76 bits per heavy atom. The number of hydrogen-bond donors (Lipinski definition) is 1. The molecule has 0 aromatic heterocycles. The van der Waals surface area contributed by atoms with Crippen LogP contribution in [0.25, 0.3) is 0 Å². The van der Waals surface area contributed by atoms with E-state index in [-0.39, 0.29) is 11.8 Å². The van der Waals surface area contributed by atoms with Gasteiger partial charge in [-0.05, 0) is 30.9 Å². The Kier molecular flexibility index (Phi) is 3.84. The highest BCUT2D eigenvalue weighted by Crippen LogP contribution is 2.28. The van der Waals surface area contributed by atoms with E-state index in [2.05, 4.69) is 0 Å². The maximum Gasteiger partial charge on any atom is 0.179 e. The second kappa shape index (κ2) is 5.19. The predicted octanol–water partition coefficient (Wildman–Crippen LogP) is 1.98. The van der Waals surface area contributed by atoms with Crippen molar-refractivity contribution in [1.82, 2.24) is 0 Å². The van der Waals surface area contributed by atoms with Crippen molar-refractivity contribution >= 4 is 9.84 Å². The van der Waals surface area contributed by atoms with Gasteiger partial charge in [0, 0.05) is 6.04 Å². The summed E-state index contributed by atoms with van der Waals surface area (Å²) >= 11 is 0. The highest BCUT2D eigenvalue weighted by atomic mass is 32.2. The van der Waals surface area contributed by atoms with Crippen molar-refractivity contribution in [3.8, 4) is 0 Å². The zero-order valence-electron chi connectivity index (χ0n) is 9.88. The number of rotatable bonds is 4. The van der Waals surface area contributed by atoms with E-state index in [0.29, 0.717) is 10.8 Å². The number of sulfone groups is 1. The molecule has 0 radical (unpaired) electrons. The van der Waals surface area contributed by atoms with Crippen LogP contribution in [0.3, 0.4) is 0 Å². The van der Waals surface area contributed by atoms with Crippen molar-refractivity contribution in [3.63, 3.8) is 0 Å². The number of hydrogen-bond acceptors (Lipinski definition) is 3. The topological polar surface area (TPSA) is 60.2 Å². The van der Waals surface area contributed by atoms with E-state index in [1.54, 1.807) is 24.3 Å². The monoisotopic (exact) mass is 253 g/mol. The van der Waals surface area contributed by atoms with Crippen LogP contribution in [0.1, 0.15) is 25.7 Å². The molecule has 1 aromatic carbocycles. The van der Waals surface area contributed by atoms with Crippen LogP contribution in [-0.4, -0.2) is 20.2 Å². The summed E-state index contributed by atoms with van der Waals surface area (Å²) in [4.78, 5) is 0.383. The molecule has 1 atom stereocenters. The molecule has 3 nitrogen and oxygen atoms in total. The third kappa shape index (κ3) is 3.07. The van der Waals surface area contributed by atoms with Gasteiger partial charge in [-0.1, -0.05) is 31.0 Å². The predicted molar refractivity (Wildman–Crippen MR) is 68.4 cm³/mol. The molecule has 0 heterocycles. The average molecular weight is 253 g/mol. The molecule has 1 aromatic rings. The van der Waals surface area contributed by atoms with Gasteiger partial charge < -0.3 is 5.73 Å². The molecule has 94 valence electrons. The summed E-state index contributed by atoms with van der Waals surface area (Å²) in [5.41, 5.74) is 6.02. The maximum absolute atomic E-state index is 12.1. The Bertz CT molecular complexity index is 450. The lowest BCUT2D eigenvalue weighted by Crippen LogP contribution is -2.35. The van der Waals surface area contributed by atoms with Gasteiger partial charge in [0.05, 0.1) is 10.6 Å². The minimum Gasteiger partial charge on any atom is -0.327 e. The van der Waals surface area contributed by atoms with E-state index in [1.807, 2.05) is 6.07 Å². The molecular weight excluding hydrogens is 234 g/mol.